The normalized spacial score (nSPS) is 23.2. The molecule has 6 heteroatoms. The monoisotopic (exact) mass is 265 g/mol. The Bertz CT molecular complexity index is 435. The van der Waals surface area contributed by atoms with Crippen LogP contribution >= 0.6 is 0 Å². The highest BCUT2D eigenvalue weighted by atomic mass is 16.5. The van der Waals surface area contributed by atoms with E-state index in [1.165, 1.54) is 13.3 Å². The molecular weight excluding hydrogens is 246 g/mol. The predicted octanol–water partition coefficient (Wildman–Crippen LogP) is 1.27. The van der Waals surface area contributed by atoms with Crippen LogP contribution in [0.3, 0.4) is 0 Å². The topological polar surface area (TPSA) is 64.5 Å². The third-order valence-electron chi connectivity index (χ3n) is 3.27. The van der Waals surface area contributed by atoms with Crippen LogP contribution < -0.4 is 4.90 Å². The second-order valence-electron chi connectivity index (χ2n) is 4.61. The van der Waals surface area contributed by atoms with E-state index in [0.717, 1.165) is 18.8 Å². The van der Waals surface area contributed by atoms with E-state index < -0.39 is 5.97 Å². The number of methoxy groups -OCH3 is 1. The van der Waals surface area contributed by atoms with Gasteiger partial charge in [-0.1, -0.05) is 6.92 Å². The van der Waals surface area contributed by atoms with Gasteiger partial charge >= 0.3 is 5.97 Å². The van der Waals surface area contributed by atoms with Gasteiger partial charge in [0.1, 0.15) is 5.82 Å². The fraction of sp³-hybridized carbons (Fsp3) is 0.615. The molecule has 19 heavy (non-hydrogen) atoms. The second-order valence-corrected chi connectivity index (χ2v) is 4.61. The molecule has 2 atom stereocenters. The molecule has 0 radical (unpaired) electrons. The Morgan fingerprint density at radius 1 is 1.53 bits per heavy atom. The summed E-state index contributed by atoms with van der Waals surface area (Å²) in [6.45, 7) is 5.63. The van der Waals surface area contributed by atoms with Gasteiger partial charge in [0, 0.05) is 6.54 Å². The van der Waals surface area contributed by atoms with Crippen molar-refractivity contribution in [3.05, 3.63) is 18.1 Å². The van der Waals surface area contributed by atoms with E-state index in [0.29, 0.717) is 12.6 Å². The average Bonchev–Trinajstić information content (AvgIpc) is 2.46. The minimum absolute atomic E-state index is 0.171. The lowest BCUT2D eigenvalue weighted by Crippen LogP contribution is -2.49. The Morgan fingerprint density at radius 3 is 2.89 bits per heavy atom. The number of morpholine rings is 1. The van der Waals surface area contributed by atoms with Gasteiger partial charge in [0.15, 0.2) is 5.69 Å². The number of anilines is 1. The van der Waals surface area contributed by atoms with Gasteiger partial charge in [-0.25, -0.2) is 14.8 Å². The van der Waals surface area contributed by atoms with E-state index >= 15 is 0 Å². The van der Waals surface area contributed by atoms with Crippen molar-refractivity contribution in [1.29, 1.82) is 0 Å². The number of aromatic nitrogens is 2. The molecule has 2 rings (SSSR count). The quantitative estimate of drug-likeness (QED) is 0.767. The fourth-order valence-electron chi connectivity index (χ4n) is 2.14. The Labute approximate surface area is 112 Å². The average molecular weight is 265 g/mol. The van der Waals surface area contributed by atoms with Crippen molar-refractivity contribution >= 4 is 11.8 Å². The highest BCUT2D eigenvalue weighted by Gasteiger charge is 2.26. The molecule has 2 unspecified atom stereocenters. The van der Waals surface area contributed by atoms with Crippen LogP contribution in [-0.4, -0.2) is 48.3 Å². The number of nitrogens with zero attached hydrogens (tertiary/aromatic N) is 3. The van der Waals surface area contributed by atoms with Crippen LogP contribution in [0.15, 0.2) is 12.4 Å². The maximum absolute atomic E-state index is 11.3. The molecule has 2 heterocycles. The third-order valence-corrected chi connectivity index (χ3v) is 3.27. The summed E-state index contributed by atoms with van der Waals surface area (Å²) in [4.78, 5) is 21.9. The van der Waals surface area contributed by atoms with Crippen molar-refractivity contribution in [1.82, 2.24) is 9.97 Å². The molecule has 1 aromatic rings. The number of esters is 1. The van der Waals surface area contributed by atoms with Crippen LogP contribution in [0.4, 0.5) is 5.82 Å². The maximum atomic E-state index is 11.3. The number of rotatable bonds is 3. The molecule has 6 nitrogen and oxygen atoms in total. The number of ether oxygens (including phenoxy) is 2. The number of hydrogen-bond donors (Lipinski definition) is 0. The zero-order valence-electron chi connectivity index (χ0n) is 11.5. The largest absolute Gasteiger partial charge is 0.464 e. The van der Waals surface area contributed by atoms with E-state index in [2.05, 4.69) is 26.5 Å². The first kappa shape index (κ1) is 13.7. The van der Waals surface area contributed by atoms with E-state index in [-0.39, 0.29) is 11.8 Å². The molecule has 1 fully saturated rings. The summed E-state index contributed by atoms with van der Waals surface area (Å²) in [5.41, 5.74) is 0.223. The summed E-state index contributed by atoms with van der Waals surface area (Å²) in [5, 5.41) is 0. The fourth-order valence-corrected chi connectivity index (χ4v) is 2.14. The number of carbonyl (C=O) groups is 1. The Kier molecular flexibility index (Phi) is 4.31. The summed E-state index contributed by atoms with van der Waals surface area (Å²) < 4.78 is 10.3. The highest BCUT2D eigenvalue weighted by Crippen LogP contribution is 2.20. The molecule has 104 valence electrons. The second kappa shape index (κ2) is 5.97. The summed E-state index contributed by atoms with van der Waals surface area (Å²) in [6, 6.07) is 0.300. The first-order chi connectivity index (χ1) is 9.15. The zero-order chi connectivity index (χ0) is 13.8. The molecule has 0 spiro atoms. The minimum atomic E-state index is -0.471. The van der Waals surface area contributed by atoms with Gasteiger partial charge in [0.25, 0.3) is 0 Å². The third kappa shape index (κ3) is 3.01. The molecule has 0 aliphatic carbocycles. The zero-order valence-corrected chi connectivity index (χ0v) is 11.5. The minimum Gasteiger partial charge on any atom is -0.464 e. The molecule has 0 amide bonds. The van der Waals surface area contributed by atoms with E-state index in [9.17, 15) is 4.79 Å². The highest BCUT2D eigenvalue weighted by molar-refractivity contribution is 5.86. The smallest absolute Gasteiger partial charge is 0.358 e. The Hall–Kier alpha value is -1.69. The molecule has 1 aliphatic heterocycles. The summed E-state index contributed by atoms with van der Waals surface area (Å²) in [7, 11) is 1.33. The lowest BCUT2D eigenvalue weighted by molar-refractivity contribution is 0.0295. The van der Waals surface area contributed by atoms with Gasteiger partial charge in [-0.15, -0.1) is 0 Å². The van der Waals surface area contributed by atoms with Crippen LogP contribution in [0.2, 0.25) is 0 Å². The van der Waals surface area contributed by atoms with Crippen molar-refractivity contribution in [2.45, 2.75) is 32.4 Å². The van der Waals surface area contributed by atoms with Gasteiger partial charge < -0.3 is 14.4 Å². The first-order valence-corrected chi connectivity index (χ1v) is 6.44. The lowest BCUT2D eigenvalue weighted by atomic mass is 10.1. The Morgan fingerprint density at radius 2 is 2.32 bits per heavy atom. The van der Waals surface area contributed by atoms with Crippen molar-refractivity contribution < 1.29 is 14.3 Å². The van der Waals surface area contributed by atoms with Gasteiger partial charge in [0.2, 0.25) is 0 Å². The molecule has 1 saturated heterocycles. The summed E-state index contributed by atoms with van der Waals surface area (Å²) in [6.07, 6.45) is 4.22. The predicted molar refractivity (Wildman–Crippen MR) is 70.2 cm³/mol. The van der Waals surface area contributed by atoms with Crippen molar-refractivity contribution in [3.63, 3.8) is 0 Å². The van der Waals surface area contributed by atoms with Gasteiger partial charge in [-0.3, -0.25) is 0 Å². The molecule has 1 aliphatic rings. The van der Waals surface area contributed by atoms with Crippen molar-refractivity contribution in [2.75, 3.05) is 25.2 Å². The van der Waals surface area contributed by atoms with E-state index in [4.69, 9.17) is 4.74 Å². The van der Waals surface area contributed by atoms with E-state index in [1.54, 1.807) is 6.20 Å². The van der Waals surface area contributed by atoms with Crippen LogP contribution in [0.5, 0.6) is 0 Å². The van der Waals surface area contributed by atoms with Gasteiger partial charge in [-0.2, -0.15) is 0 Å². The summed E-state index contributed by atoms with van der Waals surface area (Å²) >= 11 is 0. The lowest BCUT2D eigenvalue weighted by Gasteiger charge is -2.38. The molecule has 0 N–H and O–H groups in total. The SMILES string of the molecule is CCC1COC(C)CN1c1cnc(C(=O)OC)cn1. The van der Waals surface area contributed by atoms with Crippen molar-refractivity contribution in [3.8, 4) is 0 Å². The van der Waals surface area contributed by atoms with Crippen molar-refractivity contribution in [2.24, 2.45) is 0 Å². The first-order valence-electron chi connectivity index (χ1n) is 6.44. The number of carbonyl (C=O) groups excluding carboxylic acids is 1. The van der Waals surface area contributed by atoms with Crippen LogP contribution in [-0.2, 0) is 9.47 Å². The van der Waals surface area contributed by atoms with Gasteiger partial charge in [-0.05, 0) is 13.3 Å². The van der Waals surface area contributed by atoms with Gasteiger partial charge in [0.05, 0.1) is 38.3 Å². The molecule has 1 aromatic heterocycles. The molecule has 0 bridgehead atoms. The van der Waals surface area contributed by atoms with Crippen LogP contribution in [0, 0.1) is 0 Å². The van der Waals surface area contributed by atoms with E-state index in [1.807, 2.05) is 6.92 Å². The standard InChI is InChI=1S/C13H19N3O3/c1-4-10-8-19-9(2)7-16(10)12-6-14-11(5-15-12)13(17)18-3/h5-6,9-10H,4,7-8H2,1-3H3. The molecule has 0 saturated carbocycles. The summed E-state index contributed by atoms with van der Waals surface area (Å²) in [5.74, 6) is 0.302. The van der Waals surface area contributed by atoms with Crippen LogP contribution in [0.25, 0.3) is 0 Å². The Balaban J connectivity index is 2.17. The molecular formula is C13H19N3O3. The van der Waals surface area contributed by atoms with Crippen LogP contribution in [0.1, 0.15) is 30.8 Å². The molecule has 0 aromatic carbocycles. The number of hydrogen-bond acceptors (Lipinski definition) is 6. The maximum Gasteiger partial charge on any atom is 0.358 e.